The van der Waals surface area contributed by atoms with Crippen molar-refractivity contribution in [3.8, 4) is 0 Å². The van der Waals surface area contributed by atoms with E-state index in [4.69, 9.17) is 11.6 Å². The lowest BCUT2D eigenvalue weighted by Gasteiger charge is -2.21. The first-order valence-corrected chi connectivity index (χ1v) is 6.76. The van der Waals surface area contributed by atoms with Crippen molar-refractivity contribution in [2.45, 2.75) is 25.6 Å². The van der Waals surface area contributed by atoms with Crippen LogP contribution < -0.4 is 5.32 Å². The van der Waals surface area contributed by atoms with E-state index in [0.717, 1.165) is 16.1 Å². The molecular weight excluding hydrogens is 293 g/mol. The summed E-state index contributed by atoms with van der Waals surface area (Å²) in [5, 5.41) is 14.3. The Kier molecular flexibility index (Phi) is 7.03. The van der Waals surface area contributed by atoms with Crippen molar-refractivity contribution in [2.24, 2.45) is 0 Å². The van der Waals surface area contributed by atoms with Gasteiger partial charge < -0.3 is 10.4 Å². The van der Waals surface area contributed by atoms with Gasteiger partial charge in [-0.25, -0.2) is 0 Å². The molecule has 2 aromatic carbocycles. The van der Waals surface area contributed by atoms with E-state index < -0.39 is 6.10 Å². The molecule has 0 aliphatic rings. The van der Waals surface area contributed by atoms with E-state index in [9.17, 15) is 5.11 Å². The molecule has 0 radical (unpaired) electrons. The number of rotatable bonds is 5. The van der Waals surface area contributed by atoms with Gasteiger partial charge in [0.25, 0.3) is 0 Å². The Morgan fingerprint density at radius 1 is 1.05 bits per heavy atom. The van der Waals surface area contributed by atoms with Gasteiger partial charge in [-0.3, -0.25) is 0 Å². The fraction of sp³-hybridized carbons (Fsp3) is 0.250. The predicted octanol–water partition coefficient (Wildman–Crippen LogP) is 3.97. The normalized spacial score (nSPS) is 13.3. The monoisotopic (exact) mass is 311 g/mol. The van der Waals surface area contributed by atoms with E-state index >= 15 is 0 Å². The van der Waals surface area contributed by atoms with Crippen molar-refractivity contribution in [3.05, 3.63) is 70.7 Å². The van der Waals surface area contributed by atoms with Crippen LogP contribution in [0.15, 0.2) is 54.6 Å². The molecule has 0 fully saturated rings. The van der Waals surface area contributed by atoms with Gasteiger partial charge in [-0.2, -0.15) is 0 Å². The Bertz CT molecular complexity index is 519. The minimum atomic E-state index is -0.524. The molecule has 0 saturated heterocycles. The lowest BCUT2D eigenvalue weighted by atomic mass is 10.0. The van der Waals surface area contributed by atoms with Crippen LogP contribution in [0.25, 0.3) is 0 Å². The standard InChI is InChI=1S/C16H18ClNO.ClH/c1-12(16(19)13-7-3-2-4-8-13)18-11-14-9-5-6-10-15(14)17;/h2-10,12,16,18-19H,11H2,1H3;1H. The summed E-state index contributed by atoms with van der Waals surface area (Å²) in [6.07, 6.45) is -0.524. The van der Waals surface area contributed by atoms with Crippen molar-refractivity contribution in [1.82, 2.24) is 5.32 Å². The molecule has 2 N–H and O–H groups in total. The summed E-state index contributed by atoms with van der Waals surface area (Å²) in [5.41, 5.74) is 1.96. The summed E-state index contributed by atoms with van der Waals surface area (Å²) in [5.74, 6) is 0. The fourth-order valence-electron chi connectivity index (χ4n) is 1.96. The van der Waals surface area contributed by atoms with Crippen LogP contribution in [0.4, 0.5) is 0 Å². The average Bonchev–Trinajstić information content (AvgIpc) is 2.46. The van der Waals surface area contributed by atoms with Gasteiger partial charge in [0.1, 0.15) is 0 Å². The highest BCUT2D eigenvalue weighted by atomic mass is 35.5. The maximum atomic E-state index is 10.2. The van der Waals surface area contributed by atoms with Crippen LogP contribution >= 0.6 is 24.0 Å². The van der Waals surface area contributed by atoms with Crippen LogP contribution in [0, 0.1) is 0 Å². The topological polar surface area (TPSA) is 32.3 Å². The van der Waals surface area contributed by atoms with Crippen molar-refractivity contribution < 1.29 is 5.11 Å². The molecule has 0 aromatic heterocycles. The molecule has 2 rings (SSSR count). The molecule has 20 heavy (non-hydrogen) atoms. The van der Waals surface area contributed by atoms with Crippen LogP contribution in [0.5, 0.6) is 0 Å². The fourth-order valence-corrected chi connectivity index (χ4v) is 2.17. The maximum Gasteiger partial charge on any atom is 0.0940 e. The third-order valence-electron chi connectivity index (χ3n) is 3.19. The summed E-state index contributed by atoms with van der Waals surface area (Å²) < 4.78 is 0. The molecular formula is C16H19Cl2NO. The number of halogens is 2. The Hall–Kier alpha value is -1.06. The SMILES string of the molecule is CC(NCc1ccccc1Cl)C(O)c1ccccc1.Cl. The Morgan fingerprint density at radius 2 is 1.65 bits per heavy atom. The predicted molar refractivity (Wildman–Crippen MR) is 86.4 cm³/mol. The molecule has 108 valence electrons. The summed E-state index contributed by atoms with van der Waals surface area (Å²) in [6, 6.07) is 17.3. The third kappa shape index (κ3) is 4.50. The van der Waals surface area contributed by atoms with Crippen molar-refractivity contribution >= 4 is 24.0 Å². The van der Waals surface area contributed by atoms with Gasteiger partial charge in [0, 0.05) is 17.6 Å². The van der Waals surface area contributed by atoms with Gasteiger partial charge in [0.15, 0.2) is 0 Å². The van der Waals surface area contributed by atoms with E-state index in [1.54, 1.807) is 0 Å². The van der Waals surface area contributed by atoms with Crippen LogP contribution in [0.3, 0.4) is 0 Å². The maximum absolute atomic E-state index is 10.2. The first-order valence-electron chi connectivity index (χ1n) is 6.38. The number of aliphatic hydroxyl groups is 1. The second kappa shape index (κ2) is 8.28. The summed E-state index contributed by atoms with van der Waals surface area (Å²) in [6.45, 7) is 2.61. The lowest BCUT2D eigenvalue weighted by molar-refractivity contribution is 0.135. The van der Waals surface area contributed by atoms with Gasteiger partial charge in [-0.15, -0.1) is 12.4 Å². The van der Waals surface area contributed by atoms with Gasteiger partial charge in [0.2, 0.25) is 0 Å². The van der Waals surface area contributed by atoms with Gasteiger partial charge in [-0.1, -0.05) is 60.1 Å². The summed E-state index contributed by atoms with van der Waals surface area (Å²) >= 11 is 6.10. The van der Waals surface area contributed by atoms with E-state index in [-0.39, 0.29) is 18.4 Å². The van der Waals surface area contributed by atoms with E-state index in [1.807, 2.05) is 61.5 Å². The molecule has 2 atom stereocenters. The van der Waals surface area contributed by atoms with Crippen LogP contribution in [0.2, 0.25) is 5.02 Å². The van der Waals surface area contributed by atoms with Crippen LogP contribution in [0.1, 0.15) is 24.2 Å². The highest BCUT2D eigenvalue weighted by Gasteiger charge is 2.15. The minimum Gasteiger partial charge on any atom is -0.387 e. The number of aliphatic hydroxyl groups excluding tert-OH is 1. The van der Waals surface area contributed by atoms with Gasteiger partial charge in [-0.05, 0) is 24.1 Å². The molecule has 2 unspecified atom stereocenters. The van der Waals surface area contributed by atoms with Gasteiger partial charge in [0.05, 0.1) is 6.10 Å². The summed E-state index contributed by atoms with van der Waals surface area (Å²) in [4.78, 5) is 0. The Balaban J connectivity index is 0.00000200. The minimum absolute atomic E-state index is 0. The molecule has 0 aliphatic heterocycles. The van der Waals surface area contributed by atoms with Crippen LogP contribution in [-0.2, 0) is 6.54 Å². The molecule has 0 aliphatic carbocycles. The smallest absolute Gasteiger partial charge is 0.0940 e. The highest BCUT2D eigenvalue weighted by Crippen LogP contribution is 2.18. The lowest BCUT2D eigenvalue weighted by Crippen LogP contribution is -2.31. The second-order valence-corrected chi connectivity index (χ2v) is 5.02. The van der Waals surface area contributed by atoms with E-state index in [2.05, 4.69) is 5.32 Å². The molecule has 0 bridgehead atoms. The van der Waals surface area contributed by atoms with E-state index in [1.165, 1.54) is 0 Å². The van der Waals surface area contributed by atoms with Crippen molar-refractivity contribution in [1.29, 1.82) is 0 Å². The largest absolute Gasteiger partial charge is 0.387 e. The first-order chi connectivity index (χ1) is 9.18. The number of hydrogen-bond acceptors (Lipinski definition) is 2. The molecule has 0 saturated carbocycles. The molecule has 0 heterocycles. The highest BCUT2D eigenvalue weighted by molar-refractivity contribution is 6.31. The molecule has 4 heteroatoms. The quantitative estimate of drug-likeness (QED) is 0.875. The van der Waals surface area contributed by atoms with Crippen LogP contribution in [-0.4, -0.2) is 11.1 Å². The average molecular weight is 312 g/mol. The zero-order valence-electron chi connectivity index (χ0n) is 11.3. The van der Waals surface area contributed by atoms with Crippen molar-refractivity contribution in [2.75, 3.05) is 0 Å². The van der Waals surface area contributed by atoms with E-state index in [0.29, 0.717) is 6.54 Å². The molecule has 2 aromatic rings. The second-order valence-electron chi connectivity index (χ2n) is 4.62. The van der Waals surface area contributed by atoms with Crippen molar-refractivity contribution in [3.63, 3.8) is 0 Å². The van der Waals surface area contributed by atoms with Gasteiger partial charge >= 0.3 is 0 Å². The Morgan fingerprint density at radius 3 is 2.30 bits per heavy atom. The molecule has 0 amide bonds. The first kappa shape index (κ1) is 17.0. The number of nitrogens with one attached hydrogen (secondary N) is 1. The summed E-state index contributed by atoms with van der Waals surface area (Å²) in [7, 11) is 0. The zero-order chi connectivity index (χ0) is 13.7. The molecule has 0 spiro atoms. The molecule has 2 nitrogen and oxygen atoms in total. The Labute approximate surface area is 131 Å². The zero-order valence-corrected chi connectivity index (χ0v) is 12.9. The number of hydrogen-bond donors (Lipinski definition) is 2. The number of benzene rings is 2. The third-order valence-corrected chi connectivity index (χ3v) is 3.56.